The van der Waals surface area contributed by atoms with Gasteiger partial charge >= 0.3 is 6.03 Å². The summed E-state index contributed by atoms with van der Waals surface area (Å²) in [4.78, 5) is 13.4. The van der Waals surface area contributed by atoms with E-state index in [0.29, 0.717) is 13.1 Å². The van der Waals surface area contributed by atoms with Gasteiger partial charge in [-0.1, -0.05) is 40.2 Å². The third-order valence-electron chi connectivity index (χ3n) is 2.32. The number of carbonyl (C=O) groups excluding carboxylic acids is 1. The van der Waals surface area contributed by atoms with E-state index in [0.717, 1.165) is 10.0 Å². The molecule has 0 spiro atoms. The SMILES string of the molecule is C=CCN(CC=C)C(=O)N/C=C/c1cccc(Br)c1. The zero-order chi connectivity index (χ0) is 14.1. The number of amides is 2. The summed E-state index contributed by atoms with van der Waals surface area (Å²) in [6, 6.07) is 7.64. The van der Waals surface area contributed by atoms with Crippen LogP contribution in [0.4, 0.5) is 4.79 Å². The summed E-state index contributed by atoms with van der Waals surface area (Å²) >= 11 is 3.40. The van der Waals surface area contributed by atoms with Crippen molar-refractivity contribution in [2.45, 2.75) is 0 Å². The Morgan fingerprint density at radius 1 is 1.32 bits per heavy atom. The van der Waals surface area contributed by atoms with Crippen molar-refractivity contribution >= 4 is 28.0 Å². The van der Waals surface area contributed by atoms with Crippen LogP contribution in [0.3, 0.4) is 0 Å². The topological polar surface area (TPSA) is 32.3 Å². The average Bonchev–Trinajstić information content (AvgIpc) is 2.38. The Morgan fingerprint density at radius 2 is 2.00 bits per heavy atom. The average molecular weight is 321 g/mol. The fourth-order valence-corrected chi connectivity index (χ4v) is 1.88. The second-order valence-corrected chi connectivity index (χ2v) is 4.74. The third-order valence-corrected chi connectivity index (χ3v) is 2.81. The molecule has 0 saturated heterocycles. The Bertz CT molecular complexity index is 473. The molecule has 3 nitrogen and oxygen atoms in total. The second-order valence-electron chi connectivity index (χ2n) is 3.82. The van der Waals surface area contributed by atoms with E-state index in [1.807, 2.05) is 30.3 Å². The van der Waals surface area contributed by atoms with Gasteiger partial charge in [0.15, 0.2) is 0 Å². The van der Waals surface area contributed by atoms with Crippen molar-refractivity contribution in [2.24, 2.45) is 0 Å². The monoisotopic (exact) mass is 320 g/mol. The fraction of sp³-hybridized carbons (Fsp3) is 0.133. The molecule has 0 aliphatic heterocycles. The number of hydrogen-bond donors (Lipinski definition) is 1. The highest BCUT2D eigenvalue weighted by atomic mass is 79.9. The van der Waals surface area contributed by atoms with E-state index in [2.05, 4.69) is 34.4 Å². The summed E-state index contributed by atoms with van der Waals surface area (Å²) < 4.78 is 1.00. The molecule has 19 heavy (non-hydrogen) atoms. The predicted octanol–water partition coefficient (Wildman–Crippen LogP) is 3.80. The third kappa shape index (κ3) is 5.57. The van der Waals surface area contributed by atoms with Crippen molar-refractivity contribution in [3.8, 4) is 0 Å². The second kappa shape index (κ2) is 8.32. The van der Waals surface area contributed by atoms with E-state index in [9.17, 15) is 4.79 Å². The van der Waals surface area contributed by atoms with Crippen LogP contribution >= 0.6 is 15.9 Å². The largest absolute Gasteiger partial charge is 0.321 e. The van der Waals surface area contributed by atoms with Gasteiger partial charge in [-0.25, -0.2) is 4.79 Å². The lowest BCUT2D eigenvalue weighted by molar-refractivity contribution is 0.212. The molecule has 0 bridgehead atoms. The summed E-state index contributed by atoms with van der Waals surface area (Å²) in [5, 5.41) is 2.72. The Labute approximate surface area is 122 Å². The van der Waals surface area contributed by atoms with Gasteiger partial charge in [0.25, 0.3) is 0 Å². The molecule has 0 saturated carbocycles. The van der Waals surface area contributed by atoms with E-state index in [4.69, 9.17) is 0 Å². The maximum absolute atomic E-state index is 11.8. The lowest BCUT2D eigenvalue weighted by atomic mass is 10.2. The van der Waals surface area contributed by atoms with Gasteiger partial charge in [-0.2, -0.15) is 0 Å². The van der Waals surface area contributed by atoms with Crippen molar-refractivity contribution < 1.29 is 4.79 Å². The zero-order valence-corrected chi connectivity index (χ0v) is 12.3. The highest BCUT2D eigenvalue weighted by molar-refractivity contribution is 9.10. The van der Waals surface area contributed by atoms with Crippen LogP contribution in [0, 0.1) is 0 Å². The molecule has 100 valence electrons. The number of halogens is 1. The molecule has 0 aliphatic carbocycles. The van der Waals surface area contributed by atoms with Crippen LogP contribution in [-0.2, 0) is 0 Å². The molecule has 2 amide bonds. The summed E-state index contributed by atoms with van der Waals surface area (Å²) in [5.41, 5.74) is 1.01. The van der Waals surface area contributed by atoms with Crippen LogP contribution in [0.5, 0.6) is 0 Å². The first-order chi connectivity index (χ1) is 9.17. The summed E-state index contributed by atoms with van der Waals surface area (Å²) in [5.74, 6) is 0. The fourth-order valence-electron chi connectivity index (χ4n) is 1.46. The molecule has 0 radical (unpaired) electrons. The van der Waals surface area contributed by atoms with Crippen molar-refractivity contribution in [1.82, 2.24) is 10.2 Å². The molecule has 0 atom stereocenters. The molecule has 0 heterocycles. The molecular weight excluding hydrogens is 304 g/mol. The van der Waals surface area contributed by atoms with Gasteiger partial charge in [-0.3, -0.25) is 0 Å². The van der Waals surface area contributed by atoms with Crippen LogP contribution in [-0.4, -0.2) is 24.0 Å². The number of urea groups is 1. The lowest BCUT2D eigenvalue weighted by Crippen LogP contribution is -2.37. The number of benzene rings is 1. The first-order valence-corrected chi connectivity index (χ1v) is 6.66. The first kappa shape index (κ1) is 15.2. The minimum Gasteiger partial charge on any atom is -0.317 e. The Hall–Kier alpha value is -1.81. The van der Waals surface area contributed by atoms with Gasteiger partial charge < -0.3 is 10.2 Å². The Balaban J connectivity index is 2.56. The zero-order valence-electron chi connectivity index (χ0n) is 10.7. The van der Waals surface area contributed by atoms with Crippen LogP contribution in [0.25, 0.3) is 6.08 Å². The molecular formula is C15H17BrN2O. The van der Waals surface area contributed by atoms with Crippen molar-refractivity contribution in [3.63, 3.8) is 0 Å². The summed E-state index contributed by atoms with van der Waals surface area (Å²) in [7, 11) is 0. The first-order valence-electron chi connectivity index (χ1n) is 5.86. The lowest BCUT2D eigenvalue weighted by Gasteiger charge is -2.18. The normalized spacial score (nSPS) is 10.2. The molecule has 0 unspecified atom stereocenters. The number of rotatable bonds is 6. The molecule has 1 N–H and O–H groups in total. The Kier molecular flexibility index (Phi) is 6.68. The molecule has 4 heteroatoms. The van der Waals surface area contributed by atoms with Gasteiger partial charge in [-0.15, -0.1) is 13.2 Å². The van der Waals surface area contributed by atoms with Crippen molar-refractivity contribution in [1.29, 1.82) is 0 Å². The standard InChI is InChI=1S/C15H17BrN2O/c1-3-10-18(11-4-2)15(19)17-9-8-13-6-5-7-14(16)12-13/h3-9,12H,1-2,10-11H2,(H,17,19)/b9-8+. The van der Waals surface area contributed by atoms with Crippen LogP contribution < -0.4 is 5.32 Å². The molecule has 1 aromatic carbocycles. The van der Waals surface area contributed by atoms with Gasteiger partial charge in [0.05, 0.1) is 0 Å². The summed E-state index contributed by atoms with van der Waals surface area (Å²) in [6.07, 6.45) is 6.83. The molecule has 0 aliphatic rings. The van der Waals surface area contributed by atoms with Crippen LogP contribution in [0.1, 0.15) is 5.56 Å². The minimum absolute atomic E-state index is 0.175. The predicted molar refractivity (Wildman–Crippen MR) is 83.7 cm³/mol. The molecule has 1 rings (SSSR count). The number of nitrogens with one attached hydrogen (secondary N) is 1. The number of nitrogens with zero attached hydrogens (tertiary/aromatic N) is 1. The number of hydrogen-bond acceptors (Lipinski definition) is 1. The quantitative estimate of drug-likeness (QED) is 0.794. The molecule has 0 aromatic heterocycles. The van der Waals surface area contributed by atoms with Crippen molar-refractivity contribution in [3.05, 3.63) is 65.8 Å². The Morgan fingerprint density at radius 3 is 2.58 bits per heavy atom. The highest BCUT2D eigenvalue weighted by Gasteiger charge is 2.07. The smallest absolute Gasteiger partial charge is 0.317 e. The van der Waals surface area contributed by atoms with Gasteiger partial charge in [0, 0.05) is 23.8 Å². The van der Waals surface area contributed by atoms with E-state index in [1.54, 1.807) is 23.3 Å². The minimum atomic E-state index is -0.175. The highest BCUT2D eigenvalue weighted by Crippen LogP contribution is 2.12. The molecule has 0 fully saturated rings. The number of carbonyl (C=O) groups is 1. The molecule has 1 aromatic rings. The van der Waals surface area contributed by atoms with E-state index < -0.39 is 0 Å². The van der Waals surface area contributed by atoms with Crippen molar-refractivity contribution in [2.75, 3.05) is 13.1 Å². The van der Waals surface area contributed by atoms with Gasteiger partial charge in [0.2, 0.25) is 0 Å². The van der Waals surface area contributed by atoms with Crippen LogP contribution in [0.15, 0.2) is 60.2 Å². The summed E-state index contributed by atoms with van der Waals surface area (Å²) in [6.45, 7) is 8.22. The maximum Gasteiger partial charge on any atom is 0.321 e. The van der Waals surface area contributed by atoms with E-state index >= 15 is 0 Å². The van der Waals surface area contributed by atoms with Crippen LogP contribution in [0.2, 0.25) is 0 Å². The van der Waals surface area contributed by atoms with Gasteiger partial charge in [-0.05, 0) is 23.8 Å². The maximum atomic E-state index is 11.8. The van der Waals surface area contributed by atoms with E-state index in [1.165, 1.54) is 0 Å². The van der Waals surface area contributed by atoms with Gasteiger partial charge in [0.1, 0.15) is 0 Å². The van der Waals surface area contributed by atoms with E-state index in [-0.39, 0.29) is 6.03 Å².